The molecule has 1 heterocycles. The van der Waals surface area contributed by atoms with E-state index in [1.165, 1.54) is 0 Å². The van der Waals surface area contributed by atoms with Gasteiger partial charge >= 0.3 is 6.03 Å². The molecule has 2 amide bonds. The summed E-state index contributed by atoms with van der Waals surface area (Å²) >= 11 is 6.16. The minimum Gasteiger partial charge on any atom is -0.396 e. The summed E-state index contributed by atoms with van der Waals surface area (Å²) in [6, 6.07) is 5.65. The number of urea groups is 1. The zero-order chi connectivity index (χ0) is 17.7. The number of piperazine rings is 1. The first-order chi connectivity index (χ1) is 11.4. The van der Waals surface area contributed by atoms with Crippen LogP contribution >= 0.6 is 11.6 Å². The van der Waals surface area contributed by atoms with E-state index in [0.717, 1.165) is 18.7 Å². The van der Waals surface area contributed by atoms with Gasteiger partial charge in [0, 0.05) is 38.8 Å². The number of hydrogen-bond acceptors (Lipinski definition) is 3. The summed E-state index contributed by atoms with van der Waals surface area (Å²) in [6.45, 7) is 9.62. The van der Waals surface area contributed by atoms with E-state index >= 15 is 0 Å². The van der Waals surface area contributed by atoms with Gasteiger partial charge in [0.15, 0.2) is 0 Å². The zero-order valence-corrected chi connectivity index (χ0v) is 15.5. The van der Waals surface area contributed by atoms with E-state index in [1.807, 2.05) is 24.0 Å². The van der Waals surface area contributed by atoms with Gasteiger partial charge in [-0.2, -0.15) is 0 Å². The molecule has 1 aliphatic rings. The summed E-state index contributed by atoms with van der Waals surface area (Å²) in [5.41, 5.74) is 1.69. The average Bonchev–Trinajstić information content (AvgIpc) is 2.52. The molecule has 2 rings (SSSR count). The van der Waals surface area contributed by atoms with Crippen molar-refractivity contribution in [3.63, 3.8) is 0 Å². The fourth-order valence-corrected chi connectivity index (χ4v) is 3.30. The molecule has 1 saturated heterocycles. The van der Waals surface area contributed by atoms with Crippen LogP contribution in [0.5, 0.6) is 0 Å². The molecule has 5 nitrogen and oxygen atoms in total. The van der Waals surface area contributed by atoms with Crippen molar-refractivity contribution in [2.75, 3.05) is 38.1 Å². The van der Waals surface area contributed by atoms with Crippen molar-refractivity contribution in [3.05, 3.63) is 28.8 Å². The maximum atomic E-state index is 12.6. The van der Waals surface area contributed by atoms with Crippen LogP contribution in [0, 0.1) is 12.8 Å². The highest BCUT2D eigenvalue weighted by molar-refractivity contribution is 6.33. The molecule has 0 radical (unpaired) electrons. The van der Waals surface area contributed by atoms with Crippen molar-refractivity contribution in [1.29, 1.82) is 0 Å². The summed E-state index contributed by atoms with van der Waals surface area (Å²) in [4.78, 5) is 16.8. The normalized spacial score (nSPS) is 18.9. The molecule has 1 aromatic carbocycles. The number of carbonyl (C=O) groups is 1. The first-order valence-electron chi connectivity index (χ1n) is 8.57. The lowest BCUT2D eigenvalue weighted by atomic mass is 10.1. The minimum atomic E-state index is -0.130. The second kappa shape index (κ2) is 8.70. The van der Waals surface area contributed by atoms with Crippen LogP contribution in [0.1, 0.15) is 25.8 Å². The molecule has 0 bridgehead atoms. The Morgan fingerprint density at radius 2 is 2.17 bits per heavy atom. The zero-order valence-electron chi connectivity index (χ0n) is 14.8. The van der Waals surface area contributed by atoms with Gasteiger partial charge in [-0.15, -0.1) is 0 Å². The molecule has 134 valence electrons. The molecule has 24 heavy (non-hydrogen) atoms. The lowest BCUT2D eigenvalue weighted by molar-refractivity contribution is 0.0689. The standard InChI is InChI=1S/C18H28ClN3O2/c1-13(2)11-21-7-8-22(12-15(21)6-9-23)18(24)20-17-10-14(3)4-5-16(17)19/h4-5,10,13,15,23H,6-9,11-12H2,1-3H3,(H,20,24)/t15-/m0/s1. The number of rotatable bonds is 5. The van der Waals surface area contributed by atoms with Gasteiger partial charge in [-0.25, -0.2) is 4.79 Å². The van der Waals surface area contributed by atoms with E-state index in [2.05, 4.69) is 24.1 Å². The summed E-state index contributed by atoms with van der Waals surface area (Å²) in [7, 11) is 0. The van der Waals surface area contributed by atoms with Gasteiger partial charge in [0.25, 0.3) is 0 Å². The van der Waals surface area contributed by atoms with E-state index in [4.69, 9.17) is 11.6 Å². The van der Waals surface area contributed by atoms with Crippen LogP contribution in [0.15, 0.2) is 18.2 Å². The topological polar surface area (TPSA) is 55.8 Å². The lowest BCUT2D eigenvalue weighted by Gasteiger charge is -2.42. The van der Waals surface area contributed by atoms with E-state index in [1.54, 1.807) is 6.07 Å². The number of amides is 2. The van der Waals surface area contributed by atoms with E-state index in [0.29, 0.717) is 36.1 Å². The van der Waals surface area contributed by atoms with Crippen LogP contribution in [-0.4, -0.2) is 59.8 Å². The number of halogens is 1. The van der Waals surface area contributed by atoms with Crippen LogP contribution in [0.4, 0.5) is 10.5 Å². The van der Waals surface area contributed by atoms with Gasteiger partial charge in [-0.05, 0) is 37.0 Å². The predicted octanol–water partition coefficient (Wildman–Crippen LogP) is 3.20. The second-order valence-corrected chi connectivity index (χ2v) is 7.32. The highest BCUT2D eigenvalue weighted by Gasteiger charge is 2.29. The molecular formula is C18H28ClN3O2. The quantitative estimate of drug-likeness (QED) is 0.854. The van der Waals surface area contributed by atoms with E-state index < -0.39 is 0 Å². The number of nitrogens with one attached hydrogen (secondary N) is 1. The molecule has 0 aromatic heterocycles. The Bertz CT molecular complexity index is 565. The Morgan fingerprint density at radius 3 is 2.83 bits per heavy atom. The maximum Gasteiger partial charge on any atom is 0.321 e. The van der Waals surface area contributed by atoms with Gasteiger partial charge < -0.3 is 15.3 Å². The van der Waals surface area contributed by atoms with Crippen molar-refractivity contribution < 1.29 is 9.90 Å². The highest BCUT2D eigenvalue weighted by Crippen LogP contribution is 2.24. The summed E-state index contributed by atoms with van der Waals surface area (Å²) < 4.78 is 0. The van der Waals surface area contributed by atoms with Gasteiger partial charge in [0.2, 0.25) is 0 Å². The second-order valence-electron chi connectivity index (χ2n) is 6.91. The molecule has 1 fully saturated rings. The SMILES string of the molecule is Cc1ccc(Cl)c(NC(=O)N2CCN(CC(C)C)[C@@H](CCO)C2)c1. The number of aryl methyl sites for hydroxylation is 1. The first kappa shape index (κ1) is 19.0. The molecule has 6 heteroatoms. The minimum absolute atomic E-state index is 0.130. The van der Waals surface area contributed by atoms with E-state index in [9.17, 15) is 9.90 Å². The predicted molar refractivity (Wildman–Crippen MR) is 98.7 cm³/mol. The van der Waals surface area contributed by atoms with Gasteiger partial charge in [-0.1, -0.05) is 31.5 Å². The molecule has 1 atom stereocenters. The van der Waals surface area contributed by atoms with Gasteiger partial charge in [0.05, 0.1) is 10.7 Å². The molecule has 2 N–H and O–H groups in total. The Kier molecular flexibility index (Phi) is 6.90. The summed E-state index contributed by atoms with van der Waals surface area (Å²) in [5.74, 6) is 0.567. The number of hydrogen-bond donors (Lipinski definition) is 2. The fraction of sp³-hybridized carbons (Fsp3) is 0.611. The Balaban J connectivity index is 2.01. The monoisotopic (exact) mass is 353 g/mol. The van der Waals surface area contributed by atoms with Crippen molar-refractivity contribution in [2.45, 2.75) is 33.2 Å². The van der Waals surface area contributed by atoms with Crippen molar-refractivity contribution in [1.82, 2.24) is 9.80 Å². The average molecular weight is 354 g/mol. The Labute approximate surface area is 149 Å². The number of aliphatic hydroxyl groups excluding tert-OH is 1. The molecule has 0 unspecified atom stereocenters. The van der Waals surface area contributed by atoms with Crippen molar-refractivity contribution in [2.24, 2.45) is 5.92 Å². The lowest BCUT2D eigenvalue weighted by Crippen LogP contribution is -2.56. The van der Waals surface area contributed by atoms with Crippen LogP contribution in [0.2, 0.25) is 5.02 Å². The Morgan fingerprint density at radius 1 is 1.42 bits per heavy atom. The molecule has 1 aromatic rings. The molecule has 1 aliphatic heterocycles. The van der Waals surface area contributed by atoms with Crippen molar-refractivity contribution in [3.8, 4) is 0 Å². The highest BCUT2D eigenvalue weighted by atomic mass is 35.5. The Hall–Kier alpha value is -1.30. The number of anilines is 1. The van der Waals surface area contributed by atoms with E-state index in [-0.39, 0.29) is 18.7 Å². The largest absolute Gasteiger partial charge is 0.396 e. The number of nitrogens with zero attached hydrogens (tertiary/aromatic N) is 2. The van der Waals surface area contributed by atoms with Crippen molar-refractivity contribution >= 4 is 23.3 Å². The van der Waals surface area contributed by atoms with Gasteiger partial charge in [0.1, 0.15) is 0 Å². The number of aliphatic hydroxyl groups is 1. The first-order valence-corrected chi connectivity index (χ1v) is 8.95. The smallest absolute Gasteiger partial charge is 0.321 e. The summed E-state index contributed by atoms with van der Waals surface area (Å²) in [6.07, 6.45) is 0.682. The van der Waals surface area contributed by atoms with Crippen LogP contribution in [0.25, 0.3) is 0 Å². The molecule has 0 spiro atoms. The van der Waals surface area contributed by atoms with Crippen LogP contribution in [-0.2, 0) is 0 Å². The van der Waals surface area contributed by atoms with Crippen LogP contribution in [0.3, 0.4) is 0 Å². The third kappa shape index (κ3) is 5.10. The third-order valence-electron chi connectivity index (χ3n) is 4.32. The fourth-order valence-electron chi connectivity index (χ4n) is 3.14. The third-order valence-corrected chi connectivity index (χ3v) is 4.65. The summed E-state index contributed by atoms with van der Waals surface area (Å²) in [5, 5.41) is 12.8. The van der Waals surface area contributed by atoms with Crippen LogP contribution < -0.4 is 5.32 Å². The van der Waals surface area contributed by atoms with Gasteiger partial charge in [-0.3, -0.25) is 4.90 Å². The number of carbonyl (C=O) groups excluding carboxylic acids is 1. The maximum absolute atomic E-state index is 12.6. The number of benzene rings is 1. The molecular weight excluding hydrogens is 326 g/mol. The molecule has 0 saturated carbocycles. The molecule has 0 aliphatic carbocycles.